The highest BCUT2D eigenvalue weighted by molar-refractivity contribution is 6.81. The molecule has 0 aromatic heterocycles. The zero-order valence-corrected chi connectivity index (χ0v) is 15.8. The molecule has 2 rings (SSSR count). The molecule has 128 valence electrons. The molecule has 0 aliphatic carbocycles. The van der Waals surface area contributed by atoms with Crippen molar-refractivity contribution in [3.63, 3.8) is 0 Å². The van der Waals surface area contributed by atoms with E-state index in [4.69, 9.17) is 8.85 Å². The predicted molar refractivity (Wildman–Crippen MR) is 99.3 cm³/mol. The van der Waals surface area contributed by atoms with Crippen molar-refractivity contribution in [1.29, 1.82) is 0 Å². The molecule has 0 unspecified atom stereocenters. The van der Waals surface area contributed by atoms with E-state index in [1.807, 2.05) is 6.08 Å². The molecule has 0 bridgehead atoms. The minimum atomic E-state index is -2.32. The second-order valence-electron chi connectivity index (χ2n) is 6.24. The number of nitrogens with zero attached hydrogens (tertiary/aromatic N) is 2. The smallest absolute Gasteiger partial charge is 0.372 e. The van der Waals surface area contributed by atoms with Gasteiger partial charge in [0.15, 0.2) is 0 Å². The summed E-state index contributed by atoms with van der Waals surface area (Å²) in [6.07, 6.45) is 2.97. The van der Waals surface area contributed by atoms with Gasteiger partial charge >= 0.3 is 8.56 Å². The number of hydrogen-bond acceptors (Lipinski definition) is 4. The lowest BCUT2D eigenvalue weighted by Crippen LogP contribution is -2.53. The van der Waals surface area contributed by atoms with Crippen LogP contribution >= 0.6 is 0 Å². The van der Waals surface area contributed by atoms with Gasteiger partial charge in [0.25, 0.3) is 0 Å². The Balaban J connectivity index is 1.95. The third kappa shape index (κ3) is 4.75. The first kappa shape index (κ1) is 18.4. The number of hydrogen-bond donors (Lipinski definition) is 0. The lowest BCUT2D eigenvalue weighted by molar-refractivity contribution is 0.152. The Hall–Kier alpha value is -0.983. The minimum Gasteiger partial charge on any atom is -0.394 e. The lowest BCUT2D eigenvalue weighted by Gasteiger charge is -2.33. The van der Waals surface area contributed by atoms with E-state index >= 15 is 0 Å². The van der Waals surface area contributed by atoms with Gasteiger partial charge in [-0.3, -0.25) is 0 Å². The summed E-state index contributed by atoms with van der Waals surface area (Å²) in [4.78, 5) is 4.94. The Labute approximate surface area is 141 Å². The maximum Gasteiger partial charge on any atom is 0.372 e. The van der Waals surface area contributed by atoms with Crippen molar-refractivity contribution >= 4 is 19.8 Å². The fraction of sp³-hybridized carbons (Fsp3) is 0.556. The predicted octanol–water partition coefficient (Wildman–Crippen LogP) is 1.91. The van der Waals surface area contributed by atoms with Crippen LogP contribution in [0.15, 0.2) is 30.8 Å². The van der Waals surface area contributed by atoms with Gasteiger partial charge in [0.2, 0.25) is 0 Å². The molecule has 0 saturated carbocycles. The number of rotatable bonds is 8. The van der Waals surface area contributed by atoms with E-state index in [9.17, 15) is 0 Å². The van der Waals surface area contributed by atoms with Gasteiger partial charge in [0.1, 0.15) is 0 Å². The lowest BCUT2D eigenvalue weighted by atomic mass is 10.2. The van der Waals surface area contributed by atoms with Gasteiger partial charge in [-0.05, 0) is 36.8 Å². The Bertz CT molecular complexity index is 480. The minimum absolute atomic E-state index is 0.986. The molecule has 1 fully saturated rings. The molecule has 1 heterocycles. The Morgan fingerprint density at radius 2 is 1.70 bits per heavy atom. The molecule has 0 spiro atoms. The number of benzene rings is 1. The molecule has 1 saturated heterocycles. The van der Waals surface area contributed by atoms with Gasteiger partial charge in [0.05, 0.1) is 0 Å². The molecule has 1 aliphatic heterocycles. The molecule has 0 amide bonds. The van der Waals surface area contributed by atoms with Crippen molar-refractivity contribution in [2.45, 2.75) is 12.5 Å². The van der Waals surface area contributed by atoms with Crippen LogP contribution in [0.5, 0.6) is 0 Å². The van der Waals surface area contributed by atoms with Gasteiger partial charge in [-0.1, -0.05) is 36.9 Å². The van der Waals surface area contributed by atoms with Crippen LogP contribution in [0.2, 0.25) is 6.04 Å². The van der Waals surface area contributed by atoms with E-state index in [1.54, 1.807) is 14.2 Å². The first-order chi connectivity index (χ1) is 11.1. The summed E-state index contributed by atoms with van der Waals surface area (Å²) in [5.74, 6) is 0. The topological polar surface area (TPSA) is 24.9 Å². The summed E-state index contributed by atoms with van der Waals surface area (Å²) in [5, 5.41) is 1.20. The molecular formula is C18H30N2O2Si. The summed E-state index contributed by atoms with van der Waals surface area (Å²) in [6.45, 7) is 9.60. The summed E-state index contributed by atoms with van der Waals surface area (Å²) >= 11 is 0. The third-order valence-corrected chi connectivity index (χ3v) is 8.37. The highest BCUT2D eigenvalue weighted by atomic mass is 28.4. The van der Waals surface area contributed by atoms with E-state index in [1.165, 1.54) is 31.4 Å². The average Bonchev–Trinajstić information content (AvgIpc) is 2.61. The van der Waals surface area contributed by atoms with Crippen molar-refractivity contribution in [3.05, 3.63) is 36.4 Å². The molecule has 0 N–H and O–H groups in total. The average molecular weight is 335 g/mol. The molecule has 1 aliphatic rings. The second-order valence-corrected chi connectivity index (χ2v) is 9.64. The molecule has 0 radical (unpaired) electrons. The summed E-state index contributed by atoms with van der Waals surface area (Å²) in [6, 6.07) is 9.42. The maximum absolute atomic E-state index is 5.92. The van der Waals surface area contributed by atoms with Gasteiger partial charge < -0.3 is 18.7 Å². The van der Waals surface area contributed by atoms with E-state index in [0.717, 1.165) is 24.6 Å². The standard InChI is InChI=1S/C18H30N2O2Si/c1-5-17-7-9-18(10-8-17)23(21-3,22-4)16-6-11-20-14-12-19(2)13-15-20/h5,7-10H,1,6,11-16H2,2-4H3. The first-order valence-corrected chi connectivity index (χ1v) is 10.4. The van der Waals surface area contributed by atoms with Crippen molar-refractivity contribution in [1.82, 2.24) is 9.80 Å². The Kier molecular flexibility index (Phi) is 6.99. The van der Waals surface area contributed by atoms with Gasteiger partial charge in [0, 0.05) is 40.4 Å². The SMILES string of the molecule is C=Cc1ccc([Si](CCCN2CCN(C)CC2)(OC)OC)cc1. The zero-order valence-electron chi connectivity index (χ0n) is 14.8. The second kappa shape index (κ2) is 8.75. The molecule has 4 nitrogen and oxygen atoms in total. The third-order valence-electron chi connectivity index (χ3n) is 4.82. The summed E-state index contributed by atoms with van der Waals surface area (Å²) in [5.41, 5.74) is 1.13. The van der Waals surface area contributed by atoms with Crippen LogP contribution in [0, 0.1) is 0 Å². The van der Waals surface area contributed by atoms with Crippen molar-refractivity contribution in [2.75, 3.05) is 54.0 Å². The molecule has 23 heavy (non-hydrogen) atoms. The van der Waals surface area contributed by atoms with Crippen LogP contribution in [-0.2, 0) is 8.85 Å². The quantitative estimate of drug-likeness (QED) is 0.678. The van der Waals surface area contributed by atoms with Gasteiger partial charge in [-0.25, -0.2) is 0 Å². The zero-order chi connectivity index (χ0) is 16.7. The van der Waals surface area contributed by atoms with Crippen LogP contribution in [0.3, 0.4) is 0 Å². The largest absolute Gasteiger partial charge is 0.394 e. The van der Waals surface area contributed by atoms with E-state index in [-0.39, 0.29) is 0 Å². The fourth-order valence-electron chi connectivity index (χ4n) is 3.15. The fourth-order valence-corrected chi connectivity index (χ4v) is 5.78. The number of likely N-dealkylation sites (N-methyl/N-ethyl adjacent to an activating group) is 1. The summed E-state index contributed by atoms with van der Waals surface area (Å²) < 4.78 is 11.8. The highest BCUT2D eigenvalue weighted by Crippen LogP contribution is 2.16. The van der Waals surface area contributed by atoms with Crippen LogP contribution < -0.4 is 5.19 Å². The maximum atomic E-state index is 5.92. The monoisotopic (exact) mass is 334 g/mol. The van der Waals surface area contributed by atoms with Crippen molar-refractivity contribution in [2.24, 2.45) is 0 Å². The van der Waals surface area contributed by atoms with Crippen LogP contribution in [0.25, 0.3) is 6.08 Å². The van der Waals surface area contributed by atoms with Crippen LogP contribution in [0.1, 0.15) is 12.0 Å². The van der Waals surface area contributed by atoms with E-state index in [0.29, 0.717) is 0 Å². The Morgan fingerprint density at radius 3 is 2.22 bits per heavy atom. The Morgan fingerprint density at radius 1 is 1.09 bits per heavy atom. The van der Waals surface area contributed by atoms with Crippen molar-refractivity contribution < 1.29 is 8.85 Å². The van der Waals surface area contributed by atoms with Gasteiger partial charge in [-0.2, -0.15) is 0 Å². The van der Waals surface area contributed by atoms with Crippen molar-refractivity contribution in [3.8, 4) is 0 Å². The van der Waals surface area contributed by atoms with Crippen LogP contribution in [-0.4, -0.2) is 72.4 Å². The summed E-state index contributed by atoms with van der Waals surface area (Å²) in [7, 11) is 3.44. The van der Waals surface area contributed by atoms with E-state index < -0.39 is 8.56 Å². The normalized spacial score (nSPS) is 17.3. The molecule has 1 aromatic rings. The number of piperazine rings is 1. The molecule has 5 heteroatoms. The van der Waals surface area contributed by atoms with E-state index in [2.05, 4.69) is 47.7 Å². The molecule has 1 aromatic carbocycles. The molecular weight excluding hydrogens is 304 g/mol. The highest BCUT2D eigenvalue weighted by Gasteiger charge is 2.37. The first-order valence-electron chi connectivity index (χ1n) is 8.37. The van der Waals surface area contributed by atoms with Gasteiger partial charge in [-0.15, -0.1) is 0 Å². The van der Waals surface area contributed by atoms with Crippen LogP contribution in [0.4, 0.5) is 0 Å². The molecule has 0 atom stereocenters.